The molecule has 0 saturated carbocycles. The molecule has 0 aliphatic heterocycles. The van der Waals surface area contributed by atoms with E-state index in [9.17, 15) is 4.79 Å². The highest BCUT2D eigenvalue weighted by Crippen LogP contribution is 2.27. The Morgan fingerprint density at radius 1 is 1.08 bits per heavy atom. The molecule has 1 heterocycles. The standard InChI is InChI=1S/C19H14N4OS/c1-12-18(24)23(19(25)22-21-12)20-11-17-15-8-4-2-6-13(15)10-14-7-3-5-9-16(14)17/h2-11H,1H3,(H,22,25)/b20-11-. The van der Waals surface area contributed by atoms with Crippen molar-refractivity contribution in [1.82, 2.24) is 14.9 Å². The molecule has 0 aliphatic carbocycles. The third kappa shape index (κ3) is 2.66. The molecule has 0 bridgehead atoms. The van der Waals surface area contributed by atoms with Crippen LogP contribution in [-0.2, 0) is 0 Å². The molecule has 4 aromatic rings. The maximum atomic E-state index is 12.2. The number of aromatic amines is 1. The van der Waals surface area contributed by atoms with Crippen LogP contribution in [0.5, 0.6) is 0 Å². The fraction of sp³-hybridized carbons (Fsp3) is 0.0526. The average molecular weight is 346 g/mol. The lowest BCUT2D eigenvalue weighted by Gasteiger charge is -2.08. The van der Waals surface area contributed by atoms with Crippen molar-refractivity contribution in [3.63, 3.8) is 0 Å². The predicted octanol–water partition coefficient (Wildman–Crippen LogP) is 3.80. The van der Waals surface area contributed by atoms with Crippen LogP contribution in [0, 0.1) is 11.7 Å². The van der Waals surface area contributed by atoms with E-state index in [2.05, 4.69) is 33.5 Å². The minimum Gasteiger partial charge on any atom is -0.265 e. The lowest BCUT2D eigenvalue weighted by Crippen LogP contribution is -2.22. The average Bonchev–Trinajstić information content (AvgIpc) is 2.64. The van der Waals surface area contributed by atoms with Crippen molar-refractivity contribution in [2.24, 2.45) is 5.10 Å². The Kier molecular flexibility index (Phi) is 3.74. The van der Waals surface area contributed by atoms with Gasteiger partial charge in [0, 0.05) is 5.56 Å². The lowest BCUT2D eigenvalue weighted by atomic mass is 9.97. The quantitative estimate of drug-likeness (QED) is 0.341. The van der Waals surface area contributed by atoms with Crippen LogP contribution in [0.3, 0.4) is 0 Å². The number of hydrogen-bond acceptors (Lipinski definition) is 4. The fourth-order valence-electron chi connectivity index (χ4n) is 2.88. The highest BCUT2D eigenvalue weighted by molar-refractivity contribution is 7.71. The molecule has 122 valence electrons. The number of aryl methyl sites for hydroxylation is 1. The first-order chi connectivity index (χ1) is 12.1. The van der Waals surface area contributed by atoms with Gasteiger partial charge in [-0.15, -0.1) is 0 Å². The molecule has 6 heteroatoms. The molecule has 5 nitrogen and oxygen atoms in total. The third-order valence-electron chi connectivity index (χ3n) is 4.13. The molecule has 4 rings (SSSR count). The molecule has 0 radical (unpaired) electrons. The SMILES string of the molecule is Cc1n[nH]c(=S)n(/N=C\c2c3ccccc3cc3ccccc23)c1=O. The van der Waals surface area contributed by atoms with Crippen LogP contribution in [-0.4, -0.2) is 21.1 Å². The van der Waals surface area contributed by atoms with Gasteiger partial charge < -0.3 is 0 Å². The van der Waals surface area contributed by atoms with E-state index in [4.69, 9.17) is 12.2 Å². The summed E-state index contributed by atoms with van der Waals surface area (Å²) in [5, 5.41) is 15.2. The molecule has 0 atom stereocenters. The smallest absolute Gasteiger partial charge is 0.265 e. The van der Waals surface area contributed by atoms with Crippen LogP contribution in [0.4, 0.5) is 0 Å². The molecule has 0 unspecified atom stereocenters. The Morgan fingerprint density at radius 3 is 2.32 bits per heavy atom. The van der Waals surface area contributed by atoms with Crippen molar-refractivity contribution in [2.75, 3.05) is 0 Å². The van der Waals surface area contributed by atoms with Crippen molar-refractivity contribution in [2.45, 2.75) is 6.92 Å². The third-order valence-corrected chi connectivity index (χ3v) is 4.39. The van der Waals surface area contributed by atoms with E-state index < -0.39 is 0 Å². The molecule has 1 aromatic heterocycles. The van der Waals surface area contributed by atoms with Gasteiger partial charge in [-0.25, -0.2) is 0 Å². The highest BCUT2D eigenvalue weighted by atomic mass is 32.1. The van der Waals surface area contributed by atoms with Crippen LogP contribution in [0.2, 0.25) is 0 Å². The summed E-state index contributed by atoms with van der Waals surface area (Å²) in [6.45, 7) is 1.62. The minimum atomic E-state index is -0.329. The number of hydrogen-bond donors (Lipinski definition) is 1. The van der Waals surface area contributed by atoms with E-state index in [0.717, 1.165) is 31.8 Å². The molecule has 1 N–H and O–H groups in total. The second-order valence-corrected chi connectivity index (χ2v) is 6.09. The Bertz CT molecular complexity index is 1200. The number of nitrogens with one attached hydrogen (secondary N) is 1. The summed E-state index contributed by atoms with van der Waals surface area (Å²) in [6, 6.07) is 18.4. The first-order valence-corrected chi connectivity index (χ1v) is 8.19. The van der Waals surface area contributed by atoms with Crippen LogP contribution in [0.15, 0.2) is 64.5 Å². The predicted molar refractivity (Wildman–Crippen MR) is 103 cm³/mol. The molecule has 3 aromatic carbocycles. The number of fused-ring (bicyclic) bond motifs is 2. The van der Waals surface area contributed by atoms with Crippen molar-refractivity contribution < 1.29 is 0 Å². The van der Waals surface area contributed by atoms with Gasteiger partial charge in [-0.1, -0.05) is 48.5 Å². The van der Waals surface area contributed by atoms with Crippen molar-refractivity contribution in [1.29, 1.82) is 0 Å². The first kappa shape index (κ1) is 15.4. The molecule has 0 spiro atoms. The number of nitrogens with zero attached hydrogens (tertiary/aromatic N) is 3. The van der Waals surface area contributed by atoms with Gasteiger partial charge in [0.25, 0.3) is 5.56 Å². The summed E-state index contributed by atoms with van der Waals surface area (Å²) in [7, 11) is 0. The van der Waals surface area contributed by atoms with E-state index >= 15 is 0 Å². The van der Waals surface area contributed by atoms with E-state index in [1.54, 1.807) is 13.1 Å². The summed E-state index contributed by atoms with van der Waals surface area (Å²) in [4.78, 5) is 12.2. The number of rotatable bonds is 2. The van der Waals surface area contributed by atoms with Crippen LogP contribution < -0.4 is 5.56 Å². The van der Waals surface area contributed by atoms with E-state index in [1.165, 1.54) is 0 Å². The van der Waals surface area contributed by atoms with Gasteiger partial charge in [0.05, 0.1) is 6.21 Å². The fourth-order valence-corrected chi connectivity index (χ4v) is 3.06. The molecule has 0 amide bonds. The van der Waals surface area contributed by atoms with E-state index in [0.29, 0.717) is 5.69 Å². The lowest BCUT2D eigenvalue weighted by molar-refractivity contribution is 0.720. The zero-order valence-electron chi connectivity index (χ0n) is 13.4. The summed E-state index contributed by atoms with van der Waals surface area (Å²) in [5.74, 6) is 0. The van der Waals surface area contributed by atoms with E-state index in [-0.39, 0.29) is 10.3 Å². The highest BCUT2D eigenvalue weighted by Gasteiger charge is 2.06. The van der Waals surface area contributed by atoms with Crippen molar-refractivity contribution in [3.05, 3.63) is 81.0 Å². The molecule has 0 saturated heterocycles. The summed E-state index contributed by atoms with van der Waals surface area (Å²) in [5.41, 5.74) is 0.933. The summed E-state index contributed by atoms with van der Waals surface area (Å²) in [6.07, 6.45) is 1.69. The van der Waals surface area contributed by atoms with E-state index in [1.807, 2.05) is 36.4 Å². The Balaban J connectivity index is 2.02. The normalized spacial score (nSPS) is 11.6. The maximum Gasteiger partial charge on any atom is 0.296 e. The van der Waals surface area contributed by atoms with Gasteiger partial charge >= 0.3 is 0 Å². The molecule has 0 fully saturated rings. The maximum absolute atomic E-state index is 12.2. The minimum absolute atomic E-state index is 0.163. The molecular formula is C19H14N4OS. The zero-order valence-corrected chi connectivity index (χ0v) is 14.2. The van der Waals surface area contributed by atoms with Crippen molar-refractivity contribution in [3.8, 4) is 0 Å². The molecule has 0 aliphatic rings. The molecular weight excluding hydrogens is 332 g/mol. The Morgan fingerprint density at radius 2 is 1.68 bits per heavy atom. The number of H-pyrrole nitrogens is 1. The Labute approximate surface area is 148 Å². The van der Waals surface area contributed by atoms with Gasteiger partial charge in [-0.2, -0.15) is 14.9 Å². The second kappa shape index (κ2) is 6.07. The monoisotopic (exact) mass is 346 g/mol. The zero-order chi connectivity index (χ0) is 17.4. The second-order valence-electron chi connectivity index (χ2n) is 5.71. The summed E-state index contributed by atoms with van der Waals surface area (Å²) < 4.78 is 1.32. The van der Waals surface area contributed by atoms with Crippen LogP contribution in [0.25, 0.3) is 21.5 Å². The number of aromatic nitrogens is 3. The van der Waals surface area contributed by atoms with Gasteiger partial charge in [-0.05, 0) is 46.8 Å². The van der Waals surface area contributed by atoms with Gasteiger partial charge in [0.15, 0.2) is 0 Å². The van der Waals surface area contributed by atoms with Gasteiger partial charge in [0.2, 0.25) is 4.77 Å². The number of benzene rings is 3. The first-order valence-electron chi connectivity index (χ1n) is 7.78. The van der Waals surface area contributed by atoms with Gasteiger partial charge in [0.1, 0.15) is 5.69 Å². The molecule has 25 heavy (non-hydrogen) atoms. The van der Waals surface area contributed by atoms with Crippen molar-refractivity contribution >= 4 is 40.0 Å². The van der Waals surface area contributed by atoms with Crippen LogP contribution >= 0.6 is 12.2 Å². The topological polar surface area (TPSA) is 63.0 Å². The van der Waals surface area contributed by atoms with Gasteiger partial charge in [-0.3, -0.25) is 9.89 Å². The van der Waals surface area contributed by atoms with Crippen LogP contribution in [0.1, 0.15) is 11.3 Å². The largest absolute Gasteiger partial charge is 0.296 e. The Hall–Kier alpha value is -3.12. The summed E-state index contributed by atoms with van der Waals surface area (Å²) >= 11 is 5.14.